The van der Waals surface area contributed by atoms with Gasteiger partial charge in [0.05, 0.1) is 11.6 Å². The molecule has 30 heavy (non-hydrogen) atoms. The van der Waals surface area contributed by atoms with Gasteiger partial charge in [0.25, 0.3) is 0 Å². The Bertz CT molecular complexity index is 869. The third-order valence-corrected chi connectivity index (χ3v) is 6.25. The molecule has 2 N–H and O–H groups in total. The SMILES string of the molecule is COc1cc(CNC2CCCCC2)cc(Br)c1OCC(O)c1ccc2c(c1)OCO2. The Morgan fingerprint density at radius 1 is 1.13 bits per heavy atom. The second kappa shape index (κ2) is 9.90. The summed E-state index contributed by atoms with van der Waals surface area (Å²) in [5.41, 5.74) is 1.84. The fraction of sp³-hybridized carbons (Fsp3) is 0.478. The molecular weight excluding hydrogens is 450 g/mol. The number of aliphatic hydroxyl groups excluding tert-OH is 1. The molecule has 6 nitrogen and oxygen atoms in total. The molecule has 2 aromatic rings. The van der Waals surface area contributed by atoms with Crippen molar-refractivity contribution in [2.45, 2.75) is 50.8 Å². The molecule has 1 atom stereocenters. The van der Waals surface area contributed by atoms with Crippen LogP contribution in [0.3, 0.4) is 0 Å². The molecule has 1 heterocycles. The highest BCUT2D eigenvalue weighted by Gasteiger charge is 2.19. The number of fused-ring (bicyclic) bond motifs is 1. The number of ether oxygens (including phenoxy) is 4. The Kier molecular flexibility index (Phi) is 7.02. The van der Waals surface area contributed by atoms with E-state index in [1.807, 2.05) is 18.2 Å². The summed E-state index contributed by atoms with van der Waals surface area (Å²) in [5.74, 6) is 2.55. The van der Waals surface area contributed by atoms with Crippen LogP contribution in [0.5, 0.6) is 23.0 Å². The standard InChI is InChI=1S/C23H28BrNO5/c1-27-22-10-15(12-25-17-5-3-2-4-6-17)9-18(24)23(22)28-13-19(26)16-7-8-20-21(11-16)30-14-29-20/h7-11,17,19,25-26H,2-6,12-14H2,1H3. The highest BCUT2D eigenvalue weighted by Crippen LogP contribution is 2.38. The number of nitrogens with one attached hydrogen (secondary N) is 1. The molecule has 1 aliphatic carbocycles. The molecule has 0 bridgehead atoms. The van der Waals surface area contributed by atoms with Gasteiger partial charge in [0.15, 0.2) is 23.0 Å². The fourth-order valence-electron chi connectivity index (χ4n) is 3.96. The van der Waals surface area contributed by atoms with Crippen LogP contribution in [-0.2, 0) is 6.54 Å². The number of rotatable bonds is 8. The van der Waals surface area contributed by atoms with Gasteiger partial charge in [-0.05, 0) is 64.2 Å². The summed E-state index contributed by atoms with van der Waals surface area (Å²) in [6, 6.07) is 10.0. The third kappa shape index (κ3) is 5.02. The van der Waals surface area contributed by atoms with Crippen molar-refractivity contribution in [1.29, 1.82) is 0 Å². The highest BCUT2D eigenvalue weighted by molar-refractivity contribution is 9.10. The van der Waals surface area contributed by atoms with Crippen LogP contribution in [0.1, 0.15) is 49.3 Å². The van der Waals surface area contributed by atoms with E-state index in [2.05, 4.69) is 21.2 Å². The van der Waals surface area contributed by atoms with Crippen LogP contribution < -0.4 is 24.3 Å². The average Bonchev–Trinajstić information content (AvgIpc) is 3.25. The molecule has 1 saturated carbocycles. The smallest absolute Gasteiger partial charge is 0.231 e. The summed E-state index contributed by atoms with van der Waals surface area (Å²) >= 11 is 3.60. The fourth-order valence-corrected chi connectivity index (χ4v) is 4.57. The Labute approximate surface area is 185 Å². The van der Waals surface area contributed by atoms with Gasteiger partial charge in [0.1, 0.15) is 12.7 Å². The number of benzene rings is 2. The van der Waals surface area contributed by atoms with E-state index in [1.165, 1.54) is 32.1 Å². The first-order valence-electron chi connectivity index (χ1n) is 10.4. The van der Waals surface area contributed by atoms with Gasteiger partial charge in [-0.1, -0.05) is 25.3 Å². The van der Waals surface area contributed by atoms with Gasteiger partial charge in [0.2, 0.25) is 6.79 Å². The predicted octanol–water partition coefficient (Wildman–Crippen LogP) is 4.72. The van der Waals surface area contributed by atoms with E-state index in [0.29, 0.717) is 34.6 Å². The quantitative estimate of drug-likeness (QED) is 0.573. The van der Waals surface area contributed by atoms with E-state index < -0.39 is 6.10 Å². The van der Waals surface area contributed by atoms with Gasteiger partial charge < -0.3 is 29.4 Å². The summed E-state index contributed by atoms with van der Waals surface area (Å²) in [6.07, 6.45) is 5.66. The minimum Gasteiger partial charge on any atom is -0.493 e. The minimum atomic E-state index is -0.802. The first-order chi connectivity index (χ1) is 14.6. The van der Waals surface area contributed by atoms with Crippen molar-refractivity contribution in [1.82, 2.24) is 5.32 Å². The Balaban J connectivity index is 1.39. The number of halogens is 1. The predicted molar refractivity (Wildman–Crippen MR) is 117 cm³/mol. The third-order valence-electron chi connectivity index (χ3n) is 5.66. The summed E-state index contributed by atoms with van der Waals surface area (Å²) < 4.78 is 23.0. The normalized spacial score (nSPS) is 17.0. The summed E-state index contributed by atoms with van der Waals surface area (Å²) in [4.78, 5) is 0. The maximum atomic E-state index is 10.6. The Morgan fingerprint density at radius 2 is 1.93 bits per heavy atom. The van der Waals surface area contributed by atoms with E-state index >= 15 is 0 Å². The van der Waals surface area contributed by atoms with Crippen LogP contribution >= 0.6 is 15.9 Å². The van der Waals surface area contributed by atoms with Crippen LogP contribution in [0.25, 0.3) is 0 Å². The van der Waals surface area contributed by atoms with Crippen LogP contribution in [0.15, 0.2) is 34.8 Å². The van der Waals surface area contributed by atoms with Gasteiger partial charge in [-0.3, -0.25) is 0 Å². The molecule has 7 heteroatoms. The molecule has 0 aromatic heterocycles. The number of hydrogen-bond donors (Lipinski definition) is 2. The lowest BCUT2D eigenvalue weighted by Gasteiger charge is -2.23. The van der Waals surface area contributed by atoms with Crippen molar-refractivity contribution in [2.24, 2.45) is 0 Å². The van der Waals surface area contributed by atoms with Crippen molar-refractivity contribution < 1.29 is 24.1 Å². The van der Waals surface area contributed by atoms with E-state index in [-0.39, 0.29) is 13.4 Å². The van der Waals surface area contributed by atoms with Gasteiger partial charge >= 0.3 is 0 Å². The van der Waals surface area contributed by atoms with Crippen LogP contribution in [0.4, 0.5) is 0 Å². The Hall–Kier alpha value is -1.96. The van der Waals surface area contributed by atoms with E-state index in [0.717, 1.165) is 16.6 Å². The molecule has 1 unspecified atom stereocenters. The molecule has 2 aromatic carbocycles. The molecule has 0 radical (unpaired) electrons. The van der Waals surface area contributed by atoms with E-state index in [4.69, 9.17) is 18.9 Å². The van der Waals surface area contributed by atoms with Gasteiger partial charge in [0, 0.05) is 12.6 Å². The summed E-state index contributed by atoms with van der Waals surface area (Å²) in [6.45, 7) is 1.09. The second-order valence-electron chi connectivity index (χ2n) is 7.76. The Morgan fingerprint density at radius 3 is 2.73 bits per heavy atom. The molecule has 0 spiro atoms. The molecule has 0 amide bonds. The average molecular weight is 478 g/mol. The number of aliphatic hydroxyl groups is 1. The lowest BCUT2D eigenvalue weighted by molar-refractivity contribution is 0.105. The minimum absolute atomic E-state index is 0.0915. The van der Waals surface area contributed by atoms with Crippen molar-refractivity contribution >= 4 is 15.9 Å². The van der Waals surface area contributed by atoms with Gasteiger partial charge in [-0.2, -0.15) is 0 Å². The van der Waals surface area contributed by atoms with E-state index in [1.54, 1.807) is 19.2 Å². The molecule has 2 aliphatic rings. The van der Waals surface area contributed by atoms with Gasteiger partial charge in [-0.15, -0.1) is 0 Å². The van der Waals surface area contributed by atoms with Crippen molar-refractivity contribution in [3.63, 3.8) is 0 Å². The van der Waals surface area contributed by atoms with Crippen LogP contribution in [0, 0.1) is 0 Å². The molecule has 1 fully saturated rings. The summed E-state index contributed by atoms with van der Waals surface area (Å²) in [5, 5.41) is 14.2. The largest absolute Gasteiger partial charge is 0.493 e. The monoisotopic (exact) mass is 477 g/mol. The lowest BCUT2D eigenvalue weighted by atomic mass is 9.95. The van der Waals surface area contributed by atoms with Crippen LogP contribution in [-0.4, -0.2) is 31.7 Å². The zero-order chi connectivity index (χ0) is 20.9. The number of hydrogen-bond acceptors (Lipinski definition) is 6. The zero-order valence-electron chi connectivity index (χ0n) is 17.2. The number of methoxy groups -OCH3 is 1. The van der Waals surface area contributed by atoms with E-state index in [9.17, 15) is 5.11 Å². The summed E-state index contributed by atoms with van der Waals surface area (Å²) in [7, 11) is 1.63. The first kappa shape index (κ1) is 21.3. The van der Waals surface area contributed by atoms with Gasteiger partial charge in [-0.25, -0.2) is 0 Å². The maximum Gasteiger partial charge on any atom is 0.231 e. The van der Waals surface area contributed by atoms with Crippen molar-refractivity contribution in [3.05, 3.63) is 45.9 Å². The van der Waals surface area contributed by atoms with Crippen LogP contribution in [0.2, 0.25) is 0 Å². The molecule has 0 saturated heterocycles. The zero-order valence-corrected chi connectivity index (χ0v) is 18.7. The highest BCUT2D eigenvalue weighted by atomic mass is 79.9. The van der Waals surface area contributed by atoms with Crippen molar-refractivity contribution in [3.8, 4) is 23.0 Å². The topological polar surface area (TPSA) is 69.2 Å². The molecular formula is C23H28BrNO5. The molecule has 4 rings (SSSR count). The molecule has 162 valence electrons. The second-order valence-corrected chi connectivity index (χ2v) is 8.62. The lowest BCUT2D eigenvalue weighted by Crippen LogP contribution is -2.30. The maximum absolute atomic E-state index is 10.6. The first-order valence-corrected chi connectivity index (χ1v) is 11.2. The molecule has 1 aliphatic heterocycles. The van der Waals surface area contributed by atoms with Crippen molar-refractivity contribution in [2.75, 3.05) is 20.5 Å².